The van der Waals surface area contributed by atoms with Gasteiger partial charge in [0.15, 0.2) is 0 Å². The number of hydrogen-bond acceptors (Lipinski definition) is 12. The van der Waals surface area contributed by atoms with Crippen molar-refractivity contribution < 1.29 is 36.8 Å². The molecule has 14 heteroatoms. The van der Waals surface area contributed by atoms with Crippen molar-refractivity contribution in [1.82, 2.24) is 0 Å². The van der Waals surface area contributed by atoms with Gasteiger partial charge in [-0.05, 0) is 241 Å². The summed E-state index contributed by atoms with van der Waals surface area (Å²) in [6, 6.07) is 89.0. The summed E-state index contributed by atoms with van der Waals surface area (Å²) >= 11 is 3.27. The number of hydrogen-bond donors (Lipinski definition) is 0. The maximum absolute atomic E-state index is 12.7. The third-order valence-corrected chi connectivity index (χ3v) is 26.4. The van der Waals surface area contributed by atoms with Gasteiger partial charge in [0.2, 0.25) is 0 Å². The average Bonchev–Trinajstić information content (AvgIpc) is 1.59. The fraction of sp³-hybridized carbons (Fsp3) is 0.200. The van der Waals surface area contributed by atoms with Crippen LogP contribution in [0.4, 0.5) is 34.1 Å². The Kier molecular flexibility index (Phi) is 26.5. The highest BCUT2D eigenvalue weighted by atomic mass is 32.1. The van der Waals surface area contributed by atoms with Gasteiger partial charge >= 0.3 is 15.2 Å². The molecule has 0 radical (unpaired) electrons. The highest BCUT2D eigenvalue weighted by Gasteiger charge is 2.38. The number of nitrogens with zero attached hydrogens (tertiary/aromatic N) is 2. The van der Waals surface area contributed by atoms with E-state index >= 15 is 0 Å². The van der Waals surface area contributed by atoms with Gasteiger partial charge in [-0.3, -0.25) is 18.7 Å². The Hall–Kier alpha value is -9.94. The van der Waals surface area contributed by atoms with Crippen molar-refractivity contribution in [2.45, 2.75) is 99.8 Å². The molecule has 0 N–H and O–H groups in total. The first-order valence-electron chi connectivity index (χ1n) is 36.7. The van der Waals surface area contributed by atoms with Crippen molar-refractivity contribution >= 4 is 121 Å². The number of anilines is 6. The predicted molar refractivity (Wildman–Crippen MR) is 462 cm³/mol. The number of carbonyl (C=O) groups is 2. The molecule has 10 aromatic carbocycles. The molecule has 0 unspecified atom stereocenters. The molecular formula is C95H96N2O8P2S2. The third kappa shape index (κ3) is 18.9. The Balaban J connectivity index is 0.000000177. The van der Waals surface area contributed by atoms with Crippen molar-refractivity contribution in [3.8, 4) is 22.3 Å². The first-order chi connectivity index (χ1) is 52.3. The molecule has 0 amide bonds. The minimum absolute atomic E-state index is 0. The molecule has 0 atom stereocenters. The first-order valence-corrected chi connectivity index (χ1v) is 41.8. The van der Waals surface area contributed by atoms with Crippen molar-refractivity contribution in [2.24, 2.45) is 0 Å². The van der Waals surface area contributed by atoms with E-state index in [1.54, 1.807) is 27.7 Å². The molecule has 0 saturated heterocycles. The lowest BCUT2D eigenvalue weighted by atomic mass is 9.82. The molecule has 14 rings (SSSR count). The normalized spacial score (nSPS) is 13.0. The van der Waals surface area contributed by atoms with Gasteiger partial charge < -0.3 is 27.9 Å². The van der Waals surface area contributed by atoms with E-state index in [9.17, 15) is 18.7 Å². The molecule has 0 spiro atoms. The van der Waals surface area contributed by atoms with Gasteiger partial charge in [0.1, 0.15) is 12.6 Å². The lowest BCUT2D eigenvalue weighted by Crippen LogP contribution is -2.16. The summed E-state index contributed by atoms with van der Waals surface area (Å²) in [6.07, 6.45) is 15.3. The Labute approximate surface area is 652 Å². The van der Waals surface area contributed by atoms with Gasteiger partial charge in [0.05, 0.1) is 38.8 Å². The number of aryl methyl sites for hydroxylation is 2. The maximum atomic E-state index is 12.7. The van der Waals surface area contributed by atoms with Crippen LogP contribution in [0.15, 0.2) is 255 Å². The maximum Gasteiger partial charge on any atom is 0.335 e. The Morgan fingerprint density at radius 2 is 0.688 bits per heavy atom. The van der Waals surface area contributed by atoms with Crippen LogP contribution in [-0.4, -0.2) is 39.0 Å². The monoisotopic (exact) mass is 1520 g/mol. The zero-order valence-corrected chi connectivity index (χ0v) is 66.4. The number of rotatable bonds is 26. The SMILES string of the molecule is C.CC1(C)c2ccccc2-c2ccc(N(c3ccc(C=O)cc3)c3ccc(C=O)cc3)cc21.CCOP(=O)(Cc1cc(C)c(CP(=O)(OCC)OCC)s1)OCC.Cc1cc(C=Cc2ccc(N(c3ccc(C=Cc4ccccc4)cc3)c3ccc4c(c3)C(C)(C)c3ccccc3-4)cc2)sc1C=Cc1ccccc1. The van der Waals surface area contributed by atoms with Crippen LogP contribution in [0.25, 0.3) is 58.7 Å². The zero-order chi connectivity index (χ0) is 76.0. The van der Waals surface area contributed by atoms with Gasteiger partial charge in [-0.1, -0.05) is 205 Å². The fourth-order valence-electron chi connectivity index (χ4n) is 14.1. The zero-order valence-electron chi connectivity index (χ0n) is 63.0. The van der Waals surface area contributed by atoms with Crippen LogP contribution >= 0.6 is 37.9 Å². The van der Waals surface area contributed by atoms with E-state index in [4.69, 9.17) is 18.1 Å². The second kappa shape index (κ2) is 36.1. The van der Waals surface area contributed by atoms with Crippen LogP contribution in [-0.2, 0) is 50.4 Å². The number of aldehydes is 2. The summed E-state index contributed by atoms with van der Waals surface area (Å²) in [4.78, 5) is 31.2. The lowest BCUT2D eigenvalue weighted by molar-refractivity contribution is 0.111. The Morgan fingerprint density at radius 3 is 1.09 bits per heavy atom. The minimum atomic E-state index is -3.15. The summed E-state index contributed by atoms with van der Waals surface area (Å²) < 4.78 is 46.7. The molecule has 2 heterocycles. The predicted octanol–water partition coefficient (Wildman–Crippen LogP) is 27.7. The Morgan fingerprint density at radius 1 is 0.349 bits per heavy atom. The molecule has 0 bridgehead atoms. The van der Waals surface area contributed by atoms with Crippen molar-refractivity contribution in [2.75, 3.05) is 36.2 Å². The lowest BCUT2D eigenvalue weighted by Gasteiger charge is -2.28. The highest BCUT2D eigenvalue weighted by molar-refractivity contribution is 7.54. The summed E-state index contributed by atoms with van der Waals surface area (Å²) in [5.41, 5.74) is 25.0. The second-order valence-electron chi connectivity index (χ2n) is 27.6. The van der Waals surface area contributed by atoms with E-state index in [2.05, 4.69) is 275 Å². The smallest absolute Gasteiger partial charge is 0.310 e. The van der Waals surface area contributed by atoms with E-state index in [0.717, 1.165) is 62.0 Å². The van der Waals surface area contributed by atoms with Gasteiger partial charge in [-0.2, -0.15) is 0 Å². The molecule has 0 aliphatic heterocycles. The standard InChI is InChI=1S/C50H41NS.C29H23NO2.C15H28O6P2S.CH4/c1-36-34-44(52-49(36)33-25-38-14-8-5-9-15-38)31-24-40-22-28-42(29-23-40)51(41-26-20-39(21-27-41)19-18-37-12-6-4-7-13-37)43-30-32-46-45-16-10-11-17-47(45)50(2,3)48(46)35-43;1-29(2)27-6-4-3-5-25(27)26-16-15-24(17-28(26)29)30(22-11-7-20(18-31)8-12-22)23-13-9-21(19-32)10-14-23;1-6-18-22(16,19-7-2)11-14-10-13(5)15(24-14)12-23(17,20-8-3)21-9-4;/h4-35H,1-3H3;3-19H,1-2H3;10H,6-9,11-12H2,1-5H3;1H4. The molecule has 0 fully saturated rings. The van der Waals surface area contributed by atoms with Crippen LogP contribution < -0.4 is 9.80 Å². The fourth-order valence-corrected chi connectivity index (χ4v) is 20.5. The van der Waals surface area contributed by atoms with E-state index in [1.165, 1.54) is 93.4 Å². The van der Waals surface area contributed by atoms with Crippen LogP contribution in [0.5, 0.6) is 0 Å². The largest absolute Gasteiger partial charge is 0.335 e. The van der Waals surface area contributed by atoms with E-state index in [1.807, 2.05) is 78.9 Å². The average molecular weight is 1520 g/mol. The van der Waals surface area contributed by atoms with Gasteiger partial charge in [-0.25, -0.2) is 0 Å². The second-order valence-corrected chi connectivity index (χ2v) is 34.1. The summed E-state index contributed by atoms with van der Waals surface area (Å²) in [7, 11) is -6.30. The molecule has 10 nitrogen and oxygen atoms in total. The van der Waals surface area contributed by atoms with E-state index in [-0.39, 0.29) is 30.6 Å². The third-order valence-electron chi connectivity index (χ3n) is 19.5. The number of thiophene rings is 2. The molecule has 12 aromatic rings. The van der Waals surface area contributed by atoms with Crippen LogP contribution in [0.2, 0.25) is 0 Å². The summed E-state index contributed by atoms with van der Waals surface area (Å²) in [5, 5.41) is 0. The van der Waals surface area contributed by atoms with Crippen LogP contribution in [0.1, 0.15) is 159 Å². The molecule has 2 aliphatic rings. The quantitative estimate of drug-likeness (QED) is 0.0295. The highest BCUT2D eigenvalue weighted by Crippen LogP contribution is 2.57. The molecule has 2 aromatic heterocycles. The van der Waals surface area contributed by atoms with Gasteiger partial charge in [0, 0.05) is 75.6 Å². The van der Waals surface area contributed by atoms with E-state index < -0.39 is 15.2 Å². The minimum Gasteiger partial charge on any atom is -0.310 e. The topological polar surface area (TPSA) is 112 Å². The number of carbonyl (C=O) groups excluding carboxylic acids is 2. The van der Waals surface area contributed by atoms with Crippen molar-refractivity contribution in [3.05, 3.63) is 341 Å². The molecule has 2 aliphatic carbocycles. The molecular weight excluding hydrogens is 1420 g/mol. The summed E-state index contributed by atoms with van der Waals surface area (Å²) in [5.74, 6) is 0. The van der Waals surface area contributed by atoms with E-state index in [0.29, 0.717) is 37.6 Å². The van der Waals surface area contributed by atoms with Crippen molar-refractivity contribution in [3.63, 3.8) is 0 Å². The van der Waals surface area contributed by atoms with Crippen LogP contribution in [0, 0.1) is 13.8 Å². The molecule has 0 saturated carbocycles. The number of fused-ring (bicyclic) bond motifs is 6. The van der Waals surface area contributed by atoms with Crippen LogP contribution in [0.3, 0.4) is 0 Å². The first kappa shape index (κ1) is 80.1. The van der Waals surface area contributed by atoms with Gasteiger partial charge in [-0.15, -0.1) is 22.7 Å². The van der Waals surface area contributed by atoms with Crippen molar-refractivity contribution in [1.29, 1.82) is 0 Å². The van der Waals surface area contributed by atoms with Gasteiger partial charge in [0.25, 0.3) is 0 Å². The number of benzene rings is 10. The molecule has 556 valence electrons. The summed E-state index contributed by atoms with van der Waals surface area (Å²) in [6.45, 7) is 21.8. The Bertz CT molecular complexity index is 5220. The molecule has 109 heavy (non-hydrogen) atoms.